The number of nitrogens with zero attached hydrogens (tertiary/aromatic N) is 5. The topological polar surface area (TPSA) is 83.4 Å². The fraction of sp³-hybridized carbons (Fsp3) is 0.474. The molecule has 2 amide bonds. The van der Waals surface area contributed by atoms with E-state index >= 15 is 0 Å². The molecule has 3 rings (SSSR count). The number of aryl methyl sites for hydroxylation is 1. The first-order chi connectivity index (χ1) is 13.4. The number of nitrogens with one attached hydrogen (secondary N) is 1. The molecule has 1 N–H and O–H groups in total. The quantitative estimate of drug-likeness (QED) is 0.741. The van der Waals surface area contributed by atoms with Gasteiger partial charge in [-0.1, -0.05) is 17.8 Å². The van der Waals surface area contributed by atoms with E-state index in [1.807, 2.05) is 26.0 Å². The van der Waals surface area contributed by atoms with Crippen molar-refractivity contribution in [3.63, 3.8) is 0 Å². The fourth-order valence-electron chi connectivity index (χ4n) is 3.20. The Morgan fingerprint density at radius 2 is 2.18 bits per heavy atom. The second-order valence-electron chi connectivity index (χ2n) is 7.15. The Labute approximate surface area is 169 Å². The molecule has 1 aromatic carbocycles. The Morgan fingerprint density at radius 1 is 1.36 bits per heavy atom. The summed E-state index contributed by atoms with van der Waals surface area (Å²) in [5, 5.41) is 11.3. The van der Waals surface area contributed by atoms with Crippen LogP contribution in [0.3, 0.4) is 0 Å². The SMILES string of the molecule is CN(C)C1CCCN(C(=O)c2cccc(NC(=O)CSc3nncn3C)c2)C1. The number of amides is 2. The molecule has 1 unspecified atom stereocenters. The molecule has 0 saturated carbocycles. The lowest BCUT2D eigenvalue weighted by molar-refractivity contribution is -0.113. The van der Waals surface area contributed by atoms with Crippen LogP contribution in [0, 0.1) is 0 Å². The molecule has 1 saturated heterocycles. The Kier molecular flexibility index (Phi) is 6.69. The lowest BCUT2D eigenvalue weighted by Crippen LogP contribution is -2.47. The Balaban J connectivity index is 1.59. The number of rotatable bonds is 6. The molecule has 1 fully saturated rings. The third-order valence-electron chi connectivity index (χ3n) is 4.81. The number of carbonyl (C=O) groups is 2. The van der Waals surface area contributed by atoms with Gasteiger partial charge in [-0.15, -0.1) is 10.2 Å². The Hall–Kier alpha value is -2.39. The number of carbonyl (C=O) groups excluding carboxylic acids is 2. The number of benzene rings is 1. The molecular formula is C19H26N6O2S. The third kappa shape index (κ3) is 5.11. The van der Waals surface area contributed by atoms with Crippen LogP contribution in [0.25, 0.3) is 0 Å². The maximum Gasteiger partial charge on any atom is 0.253 e. The number of anilines is 1. The summed E-state index contributed by atoms with van der Waals surface area (Å²) in [6.45, 7) is 1.50. The van der Waals surface area contributed by atoms with Crippen molar-refractivity contribution in [1.29, 1.82) is 0 Å². The van der Waals surface area contributed by atoms with Gasteiger partial charge >= 0.3 is 0 Å². The van der Waals surface area contributed by atoms with Gasteiger partial charge in [0, 0.05) is 37.4 Å². The summed E-state index contributed by atoms with van der Waals surface area (Å²) in [7, 11) is 5.93. The van der Waals surface area contributed by atoms with Gasteiger partial charge in [-0.3, -0.25) is 9.59 Å². The third-order valence-corrected chi connectivity index (χ3v) is 5.84. The Bertz CT molecular complexity index is 837. The highest BCUT2D eigenvalue weighted by Crippen LogP contribution is 2.19. The van der Waals surface area contributed by atoms with Gasteiger partial charge in [0.15, 0.2) is 5.16 Å². The first-order valence-electron chi connectivity index (χ1n) is 9.26. The average Bonchev–Trinajstić information content (AvgIpc) is 3.11. The van der Waals surface area contributed by atoms with Crippen LogP contribution < -0.4 is 5.32 Å². The van der Waals surface area contributed by atoms with E-state index in [1.165, 1.54) is 11.8 Å². The second-order valence-corrected chi connectivity index (χ2v) is 8.10. The summed E-state index contributed by atoms with van der Waals surface area (Å²) < 4.78 is 1.76. The summed E-state index contributed by atoms with van der Waals surface area (Å²) in [5.74, 6) is 0.0841. The zero-order chi connectivity index (χ0) is 20.1. The number of likely N-dealkylation sites (N-methyl/N-ethyl adjacent to an activating group) is 1. The first-order valence-corrected chi connectivity index (χ1v) is 10.2. The summed E-state index contributed by atoms with van der Waals surface area (Å²) in [6.07, 6.45) is 3.71. The summed E-state index contributed by atoms with van der Waals surface area (Å²) in [4.78, 5) is 29.2. The van der Waals surface area contributed by atoms with Crippen molar-refractivity contribution in [2.24, 2.45) is 7.05 Å². The number of hydrogen-bond donors (Lipinski definition) is 1. The molecule has 0 aliphatic carbocycles. The van der Waals surface area contributed by atoms with Crippen LogP contribution in [0.4, 0.5) is 5.69 Å². The lowest BCUT2D eigenvalue weighted by atomic mass is 10.0. The highest BCUT2D eigenvalue weighted by molar-refractivity contribution is 7.99. The van der Waals surface area contributed by atoms with Crippen LogP contribution in [0.15, 0.2) is 35.7 Å². The van der Waals surface area contributed by atoms with Crippen molar-refractivity contribution in [1.82, 2.24) is 24.6 Å². The summed E-state index contributed by atoms with van der Waals surface area (Å²) in [6, 6.07) is 7.52. The van der Waals surface area contributed by atoms with Gasteiger partial charge < -0.3 is 19.7 Å². The minimum atomic E-state index is -0.150. The molecule has 8 nitrogen and oxygen atoms in total. The standard InChI is InChI=1S/C19H26N6O2S/c1-23(2)16-8-5-9-25(11-16)18(27)14-6-4-7-15(10-14)21-17(26)12-28-19-22-20-13-24(19)3/h4,6-7,10,13,16H,5,8-9,11-12H2,1-3H3,(H,21,26). The molecular weight excluding hydrogens is 376 g/mol. The van der Waals surface area contributed by atoms with Crippen molar-refractivity contribution in [2.45, 2.75) is 24.0 Å². The molecule has 1 aliphatic heterocycles. The molecule has 0 bridgehead atoms. The maximum atomic E-state index is 12.9. The van der Waals surface area contributed by atoms with Crippen molar-refractivity contribution in [3.05, 3.63) is 36.2 Å². The molecule has 28 heavy (non-hydrogen) atoms. The highest BCUT2D eigenvalue weighted by Gasteiger charge is 2.25. The maximum absolute atomic E-state index is 12.9. The average molecular weight is 403 g/mol. The van der Waals surface area contributed by atoms with Gasteiger partial charge in [-0.25, -0.2) is 0 Å². The smallest absolute Gasteiger partial charge is 0.253 e. The van der Waals surface area contributed by atoms with Crippen LogP contribution in [0.2, 0.25) is 0 Å². The van der Waals surface area contributed by atoms with Gasteiger partial charge in [0.25, 0.3) is 5.91 Å². The molecule has 2 heterocycles. The van der Waals surface area contributed by atoms with Crippen LogP contribution >= 0.6 is 11.8 Å². The molecule has 150 valence electrons. The van der Waals surface area contributed by atoms with E-state index in [2.05, 4.69) is 20.4 Å². The monoisotopic (exact) mass is 402 g/mol. The fourth-order valence-corrected chi connectivity index (χ4v) is 3.89. The zero-order valence-electron chi connectivity index (χ0n) is 16.5. The molecule has 0 spiro atoms. The molecule has 2 aromatic rings. The van der Waals surface area contributed by atoms with Crippen molar-refractivity contribution in [2.75, 3.05) is 38.3 Å². The van der Waals surface area contributed by atoms with Crippen molar-refractivity contribution < 1.29 is 9.59 Å². The molecule has 0 radical (unpaired) electrons. The molecule has 1 aliphatic rings. The zero-order valence-corrected chi connectivity index (χ0v) is 17.3. The normalized spacial score (nSPS) is 17.0. The van der Waals surface area contributed by atoms with Crippen LogP contribution in [-0.4, -0.2) is 75.4 Å². The predicted octanol–water partition coefficient (Wildman–Crippen LogP) is 1.71. The number of hydrogen-bond acceptors (Lipinski definition) is 6. The summed E-state index contributed by atoms with van der Waals surface area (Å²) >= 11 is 1.31. The minimum Gasteiger partial charge on any atom is -0.337 e. The van der Waals surface area contributed by atoms with Crippen molar-refractivity contribution >= 4 is 29.3 Å². The van der Waals surface area contributed by atoms with E-state index in [1.54, 1.807) is 35.2 Å². The summed E-state index contributed by atoms with van der Waals surface area (Å²) in [5.41, 5.74) is 1.22. The predicted molar refractivity (Wildman–Crippen MR) is 109 cm³/mol. The van der Waals surface area contributed by atoms with E-state index in [0.717, 1.165) is 25.9 Å². The number of aromatic nitrogens is 3. The van der Waals surface area contributed by atoms with E-state index in [4.69, 9.17) is 0 Å². The van der Waals surface area contributed by atoms with E-state index in [9.17, 15) is 9.59 Å². The lowest BCUT2D eigenvalue weighted by Gasteiger charge is -2.36. The largest absolute Gasteiger partial charge is 0.337 e. The minimum absolute atomic E-state index is 0.0103. The van der Waals surface area contributed by atoms with Gasteiger partial charge in [0.2, 0.25) is 5.91 Å². The first kappa shape index (κ1) is 20.3. The van der Waals surface area contributed by atoms with Crippen LogP contribution in [0.5, 0.6) is 0 Å². The Morgan fingerprint density at radius 3 is 2.89 bits per heavy atom. The van der Waals surface area contributed by atoms with E-state index in [-0.39, 0.29) is 17.6 Å². The number of likely N-dealkylation sites (tertiary alicyclic amines) is 1. The van der Waals surface area contributed by atoms with Gasteiger partial charge in [0.1, 0.15) is 6.33 Å². The molecule has 1 aromatic heterocycles. The van der Waals surface area contributed by atoms with Gasteiger partial charge in [-0.2, -0.15) is 0 Å². The molecule has 1 atom stereocenters. The molecule has 9 heteroatoms. The van der Waals surface area contributed by atoms with Gasteiger partial charge in [-0.05, 0) is 45.1 Å². The number of thioether (sulfide) groups is 1. The van der Waals surface area contributed by atoms with E-state index < -0.39 is 0 Å². The number of piperidine rings is 1. The van der Waals surface area contributed by atoms with E-state index in [0.29, 0.717) is 22.4 Å². The second kappa shape index (κ2) is 9.20. The van der Waals surface area contributed by atoms with Crippen LogP contribution in [-0.2, 0) is 11.8 Å². The highest BCUT2D eigenvalue weighted by atomic mass is 32.2. The van der Waals surface area contributed by atoms with Gasteiger partial charge in [0.05, 0.1) is 5.75 Å². The van der Waals surface area contributed by atoms with Crippen molar-refractivity contribution in [3.8, 4) is 0 Å². The van der Waals surface area contributed by atoms with Crippen LogP contribution in [0.1, 0.15) is 23.2 Å².